The molecule has 4 bridgehead atoms. The number of carbonyl (C=O) groups is 1. The van der Waals surface area contributed by atoms with Crippen LogP contribution < -0.4 is 36.1 Å². The van der Waals surface area contributed by atoms with Gasteiger partial charge in [-0.3, -0.25) is 15.6 Å². The molecule has 9 heteroatoms. The number of hydrazine groups is 1. The highest BCUT2D eigenvalue weighted by Crippen LogP contribution is 2.34. The molecule has 9 nitrogen and oxygen atoms in total. The van der Waals surface area contributed by atoms with Gasteiger partial charge in [-0.15, -0.1) is 0 Å². The number of aliphatic imine (C=N–C) groups is 1. The van der Waals surface area contributed by atoms with Crippen molar-refractivity contribution in [1.82, 2.24) is 5.43 Å². The van der Waals surface area contributed by atoms with Gasteiger partial charge in [0, 0.05) is 11.3 Å². The lowest BCUT2D eigenvalue weighted by Gasteiger charge is -2.23. The molecule has 2 aliphatic heterocycles. The Labute approximate surface area is 233 Å². The van der Waals surface area contributed by atoms with Crippen molar-refractivity contribution in [2.45, 2.75) is 26.0 Å². The van der Waals surface area contributed by atoms with Crippen molar-refractivity contribution in [3.63, 3.8) is 0 Å². The summed E-state index contributed by atoms with van der Waals surface area (Å²) in [6.45, 7) is 3.86. The maximum atomic E-state index is 13.7. The first-order valence-corrected chi connectivity index (χ1v) is 12.9. The van der Waals surface area contributed by atoms with Crippen LogP contribution in [-0.4, -0.2) is 24.6 Å². The standard InChI is InChI=1S/C31H31N5O4/c1-20(2)39-27-17-14-22-18-28(27)38-19-33-30(32)21-12-15-23(16-13-21)34-29(22)31(37)36-35-25-10-6-7-11-26(25)40-24-8-4-3-5-9-24/h3-18,20,29,34-35H,19H2,1-2H3,(H2,32,33)(H,36,37). The van der Waals surface area contributed by atoms with Gasteiger partial charge in [0.2, 0.25) is 0 Å². The molecule has 4 aromatic rings. The first-order valence-electron chi connectivity index (χ1n) is 12.9. The fourth-order valence-corrected chi connectivity index (χ4v) is 4.11. The molecule has 2 heterocycles. The number of nitrogens with zero attached hydrogens (tertiary/aromatic N) is 1. The summed E-state index contributed by atoms with van der Waals surface area (Å²) in [5, 5.41) is 3.32. The number of fused-ring (bicyclic) bond motifs is 5. The fourth-order valence-electron chi connectivity index (χ4n) is 4.11. The Morgan fingerprint density at radius 1 is 0.975 bits per heavy atom. The molecule has 4 aromatic carbocycles. The second kappa shape index (κ2) is 12.1. The van der Waals surface area contributed by atoms with Crippen molar-refractivity contribution < 1.29 is 19.0 Å². The van der Waals surface area contributed by atoms with Gasteiger partial charge in [0.1, 0.15) is 17.6 Å². The first-order chi connectivity index (χ1) is 19.5. The van der Waals surface area contributed by atoms with E-state index in [2.05, 4.69) is 21.2 Å². The minimum Gasteiger partial charge on any atom is -0.487 e. The lowest BCUT2D eigenvalue weighted by atomic mass is 10.0. The molecular formula is C31H31N5O4. The van der Waals surface area contributed by atoms with E-state index in [4.69, 9.17) is 19.9 Å². The van der Waals surface area contributed by atoms with Gasteiger partial charge in [-0.05, 0) is 80.1 Å². The molecule has 0 aromatic heterocycles. The van der Waals surface area contributed by atoms with Crippen LogP contribution in [0.1, 0.15) is 31.0 Å². The zero-order chi connectivity index (χ0) is 27.9. The Bertz CT molecular complexity index is 1490. The topological polar surface area (TPSA) is 119 Å². The molecule has 40 heavy (non-hydrogen) atoms. The first kappa shape index (κ1) is 26.4. The lowest BCUT2D eigenvalue weighted by molar-refractivity contribution is -0.121. The van der Waals surface area contributed by atoms with Crippen LogP contribution >= 0.6 is 0 Å². The summed E-state index contributed by atoms with van der Waals surface area (Å²) >= 11 is 0. The minimum atomic E-state index is -0.782. The van der Waals surface area contributed by atoms with Gasteiger partial charge in [-0.25, -0.2) is 4.99 Å². The highest BCUT2D eigenvalue weighted by Gasteiger charge is 2.24. The maximum absolute atomic E-state index is 13.7. The van der Waals surface area contributed by atoms with Gasteiger partial charge < -0.3 is 25.3 Å². The number of para-hydroxylation sites is 3. The number of ether oxygens (including phenoxy) is 3. The summed E-state index contributed by atoms with van der Waals surface area (Å²) in [5.74, 6) is 2.28. The number of nitrogens with one attached hydrogen (secondary N) is 3. The second-order valence-corrected chi connectivity index (χ2v) is 9.37. The molecular weight excluding hydrogens is 506 g/mol. The number of amides is 1. The molecule has 1 amide bonds. The molecule has 0 spiro atoms. The molecule has 6 rings (SSSR count). The van der Waals surface area contributed by atoms with E-state index in [-0.39, 0.29) is 18.7 Å². The molecule has 0 saturated heterocycles. The summed E-state index contributed by atoms with van der Waals surface area (Å²) in [5.41, 5.74) is 14.7. The Kier molecular flexibility index (Phi) is 8.01. The van der Waals surface area contributed by atoms with Gasteiger partial charge in [0.15, 0.2) is 24.0 Å². The lowest BCUT2D eigenvalue weighted by Crippen LogP contribution is -2.37. The van der Waals surface area contributed by atoms with Crippen molar-refractivity contribution in [2.24, 2.45) is 10.7 Å². The number of amidine groups is 1. The van der Waals surface area contributed by atoms with E-state index < -0.39 is 6.04 Å². The highest BCUT2D eigenvalue weighted by atomic mass is 16.5. The quantitative estimate of drug-likeness (QED) is 0.226. The van der Waals surface area contributed by atoms with Crippen molar-refractivity contribution in [3.05, 3.63) is 108 Å². The predicted molar refractivity (Wildman–Crippen MR) is 156 cm³/mol. The van der Waals surface area contributed by atoms with Crippen molar-refractivity contribution in [2.75, 3.05) is 17.5 Å². The summed E-state index contributed by atoms with van der Waals surface area (Å²) < 4.78 is 17.9. The SMILES string of the molecule is CC(C)Oc1ccc2cc1OC/N=C(/N)c1ccc(cc1)NC2C(=O)NNc1ccccc1Oc1ccccc1. The molecule has 0 fully saturated rings. The van der Waals surface area contributed by atoms with Gasteiger partial charge in [-0.2, -0.15) is 0 Å². The largest absolute Gasteiger partial charge is 0.487 e. The van der Waals surface area contributed by atoms with Crippen LogP contribution in [0.25, 0.3) is 0 Å². The zero-order valence-corrected chi connectivity index (χ0v) is 22.3. The number of hydrogen-bond acceptors (Lipinski definition) is 8. The van der Waals surface area contributed by atoms with Crippen molar-refractivity contribution >= 4 is 23.1 Å². The van der Waals surface area contributed by atoms with Crippen LogP contribution in [0.3, 0.4) is 0 Å². The van der Waals surface area contributed by atoms with E-state index >= 15 is 0 Å². The summed E-state index contributed by atoms with van der Waals surface area (Å²) in [7, 11) is 0. The van der Waals surface area contributed by atoms with E-state index in [9.17, 15) is 4.79 Å². The summed E-state index contributed by atoms with van der Waals surface area (Å²) in [6.07, 6.45) is -0.0706. The normalized spacial score (nSPS) is 15.7. The molecule has 0 saturated carbocycles. The molecule has 0 radical (unpaired) electrons. The highest BCUT2D eigenvalue weighted by molar-refractivity contribution is 5.97. The second-order valence-electron chi connectivity index (χ2n) is 9.37. The third kappa shape index (κ3) is 6.44. The van der Waals surface area contributed by atoms with Crippen LogP contribution in [-0.2, 0) is 4.79 Å². The number of hydrogen-bond donors (Lipinski definition) is 4. The number of benzene rings is 4. The van der Waals surface area contributed by atoms with E-state index in [1.54, 1.807) is 12.1 Å². The zero-order valence-electron chi connectivity index (χ0n) is 22.3. The van der Waals surface area contributed by atoms with E-state index in [1.807, 2.05) is 98.8 Å². The monoisotopic (exact) mass is 537 g/mol. The van der Waals surface area contributed by atoms with Crippen LogP contribution in [0.5, 0.6) is 23.0 Å². The Morgan fingerprint density at radius 3 is 2.50 bits per heavy atom. The predicted octanol–water partition coefficient (Wildman–Crippen LogP) is 5.62. The number of carbonyl (C=O) groups excluding carboxylic acids is 1. The molecule has 204 valence electrons. The minimum absolute atomic E-state index is 0.00443. The molecule has 0 aliphatic carbocycles. The average Bonchev–Trinajstić information content (AvgIpc) is 2.97. The van der Waals surface area contributed by atoms with Gasteiger partial charge in [0.05, 0.1) is 11.8 Å². The van der Waals surface area contributed by atoms with E-state index in [0.717, 1.165) is 11.3 Å². The van der Waals surface area contributed by atoms with Gasteiger partial charge in [-0.1, -0.05) is 36.4 Å². The third-order valence-corrected chi connectivity index (χ3v) is 6.05. The molecule has 1 atom stereocenters. The summed E-state index contributed by atoms with van der Waals surface area (Å²) in [4.78, 5) is 18.0. The van der Waals surface area contributed by atoms with Gasteiger partial charge >= 0.3 is 0 Å². The van der Waals surface area contributed by atoms with Crippen LogP contribution in [0, 0.1) is 0 Å². The number of anilines is 2. The molecule has 1 unspecified atom stereocenters. The van der Waals surface area contributed by atoms with Crippen LogP contribution in [0.4, 0.5) is 11.4 Å². The third-order valence-electron chi connectivity index (χ3n) is 6.05. The van der Waals surface area contributed by atoms with E-state index in [0.29, 0.717) is 40.1 Å². The van der Waals surface area contributed by atoms with Crippen molar-refractivity contribution in [3.8, 4) is 23.0 Å². The van der Waals surface area contributed by atoms with Crippen molar-refractivity contribution in [1.29, 1.82) is 0 Å². The Balaban J connectivity index is 1.43. The van der Waals surface area contributed by atoms with Gasteiger partial charge in [0.25, 0.3) is 5.91 Å². The molecule has 2 aliphatic rings. The van der Waals surface area contributed by atoms with E-state index in [1.165, 1.54) is 0 Å². The molecule has 5 N–H and O–H groups in total. The smallest absolute Gasteiger partial charge is 0.265 e. The van der Waals surface area contributed by atoms with Crippen LogP contribution in [0.15, 0.2) is 102 Å². The fraction of sp³-hybridized carbons (Fsp3) is 0.161. The Morgan fingerprint density at radius 2 is 1.73 bits per heavy atom. The summed E-state index contributed by atoms with van der Waals surface area (Å²) in [6, 6.07) is 28.8. The number of rotatable bonds is 7. The maximum Gasteiger partial charge on any atom is 0.265 e. The average molecular weight is 538 g/mol. The number of nitrogens with two attached hydrogens (primary N) is 1. The Hall–Kier alpha value is -5.18. The van der Waals surface area contributed by atoms with Crippen LogP contribution in [0.2, 0.25) is 0 Å².